The van der Waals surface area contributed by atoms with E-state index in [2.05, 4.69) is 10.4 Å². The number of aromatic nitrogens is 2. The SMILES string of the molecule is O=C(O)c1ccc(-c2nn(C(=O)c3c(Cl)cccc3C(F)(F)F)c3c2NCCC3)cc1. The number of anilines is 1. The molecule has 0 unspecified atom stereocenters. The number of carboxylic acid groups (broad SMARTS) is 1. The number of rotatable bonds is 3. The topological polar surface area (TPSA) is 84.2 Å². The Balaban J connectivity index is 1.86. The first kappa shape index (κ1) is 20.9. The molecule has 10 heteroatoms. The second kappa shape index (κ2) is 7.73. The van der Waals surface area contributed by atoms with Crippen LogP contribution in [0.5, 0.6) is 0 Å². The molecule has 0 radical (unpaired) electrons. The zero-order chi connectivity index (χ0) is 22.3. The van der Waals surface area contributed by atoms with Crippen molar-refractivity contribution in [1.82, 2.24) is 9.78 Å². The van der Waals surface area contributed by atoms with Gasteiger partial charge in [0.25, 0.3) is 5.91 Å². The molecular weight excluding hydrogens is 435 g/mol. The lowest BCUT2D eigenvalue weighted by atomic mass is 10.0. The first-order valence-electron chi connectivity index (χ1n) is 9.28. The Morgan fingerprint density at radius 3 is 2.48 bits per heavy atom. The van der Waals surface area contributed by atoms with Crippen molar-refractivity contribution in [2.45, 2.75) is 19.0 Å². The Labute approximate surface area is 179 Å². The zero-order valence-corrected chi connectivity index (χ0v) is 16.6. The number of carbonyl (C=O) groups is 2. The molecule has 2 heterocycles. The Kier molecular flexibility index (Phi) is 5.22. The van der Waals surface area contributed by atoms with Gasteiger partial charge in [-0.3, -0.25) is 4.79 Å². The number of hydrogen-bond donors (Lipinski definition) is 2. The number of carbonyl (C=O) groups excluding carboxylic acids is 1. The van der Waals surface area contributed by atoms with Gasteiger partial charge < -0.3 is 10.4 Å². The van der Waals surface area contributed by atoms with Gasteiger partial charge in [-0.05, 0) is 37.1 Å². The molecule has 4 rings (SSSR count). The Hall–Kier alpha value is -3.33. The molecule has 0 fully saturated rings. The highest BCUT2D eigenvalue weighted by atomic mass is 35.5. The molecule has 0 saturated carbocycles. The third-order valence-corrected chi connectivity index (χ3v) is 5.32. The molecule has 0 amide bonds. The molecule has 0 saturated heterocycles. The van der Waals surface area contributed by atoms with Crippen molar-refractivity contribution >= 4 is 29.2 Å². The van der Waals surface area contributed by atoms with Crippen LogP contribution in [-0.4, -0.2) is 33.3 Å². The molecule has 31 heavy (non-hydrogen) atoms. The minimum absolute atomic E-state index is 0.0759. The summed E-state index contributed by atoms with van der Waals surface area (Å²) in [5.74, 6) is -2.07. The molecule has 0 aliphatic carbocycles. The second-order valence-corrected chi connectivity index (χ2v) is 7.37. The van der Waals surface area contributed by atoms with Gasteiger partial charge in [0, 0.05) is 12.1 Å². The van der Waals surface area contributed by atoms with Gasteiger partial charge in [-0.1, -0.05) is 29.8 Å². The molecule has 0 bridgehead atoms. The molecule has 1 aliphatic rings. The van der Waals surface area contributed by atoms with E-state index in [0.717, 1.165) is 16.8 Å². The first-order valence-corrected chi connectivity index (χ1v) is 9.66. The van der Waals surface area contributed by atoms with E-state index in [0.29, 0.717) is 42.0 Å². The molecule has 1 aliphatic heterocycles. The van der Waals surface area contributed by atoms with E-state index in [1.165, 1.54) is 30.3 Å². The van der Waals surface area contributed by atoms with Crippen LogP contribution in [0.2, 0.25) is 5.02 Å². The largest absolute Gasteiger partial charge is 0.478 e. The quantitative estimate of drug-likeness (QED) is 0.590. The summed E-state index contributed by atoms with van der Waals surface area (Å²) in [4.78, 5) is 24.3. The van der Waals surface area contributed by atoms with E-state index in [1.54, 1.807) is 0 Å². The fourth-order valence-electron chi connectivity index (χ4n) is 3.56. The van der Waals surface area contributed by atoms with Gasteiger partial charge in [0.15, 0.2) is 0 Å². The summed E-state index contributed by atoms with van der Waals surface area (Å²) < 4.78 is 41.5. The number of carboxylic acids is 1. The van der Waals surface area contributed by atoms with Crippen molar-refractivity contribution in [3.05, 3.63) is 69.9 Å². The first-order chi connectivity index (χ1) is 14.7. The number of alkyl halides is 3. The predicted octanol–water partition coefficient (Wildman–Crippen LogP) is 4.97. The summed E-state index contributed by atoms with van der Waals surface area (Å²) in [5, 5.41) is 16.2. The Bertz CT molecular complexity index is 1190. The molecule has 0 atom stereocenters. The molecule has 0 spiro atoms. The maximum absolute atomic E-state index is 13.5. The van der Waals surface area contributed by atoms with E-state index >= 15 is 0 Å². The van der Waals surface area contributed by atoms with Crippen molar-refractivity contribution in [3.63, 3.8) is 0 Å². The average Bonchev–Trinajstić information content (AvgIpc) is 3.12. The van der Waals surface area contributed by atoms with Gasteiger partial charge in [-0.2, -0.15) is 23.0 Å². The van der Waals surface area contributed by atoms with E-state index in [1.807, 2.05) is 0 Å². The maximum atomic E-state index is 13.5. The molecule has 1 aromatic heterocycles. The summed E-state index contributed by atoms with van der Waals surface area (Å²) in [6.07, 6.45) is -3.67. The van der Waals surface area contributed by atoms with E-state index < -0.39 is 29.2 Å². The van der Waals surface area contributed by atoms with Crippen molar-refractivity contribution < 1.29 is 27.9 Å². The van der Waals surface area contributed by atoms with Gasteiger partial charge >= 0.3 is 12.1 Å². The van der Waals surface area contributed by atoms with Crippen LogP contribution >= 0.6 is 11.6 Å². The van der Waals surface area contributed by atoms with Crippen LogP contribution in [0.1, 0.15) is 38.4 Å². The third kappa shape index (κ3) is 3.76. The Morgan fingerprint density at radius 2 is 1.84 bits per heavy atom. The highest BCUT2D eigenvalue weighted by Gasteiger charge is 2.38. The van der Waals surface area contributed by atoms with E-state index in [9.17, 15) is 22.8 Å². The number of aromatic carboxylic acids is 1. The van der Waals surface area contributed by atoms with Gasteiger partial charge in [0.05, 0.1) is 33.1 Å². The summed E-state index contributed by atoms with van der Waals surface area (Å²) >= 11 is 6.00. The maximum Gasteiger partial charge on any atom is 0.417 e. The lowest BCUT2D eigenvalue weighted by molar-refractivity contribution is -0.137. The van der Waals surface area contributed by atoms with Gasteiger partial charge in [-0.15, -0.1) is 0 Å². The number of benzene rings is 2. The van der Waals surface area contributed by atoms with Gasteiger partial charge in [-0.25, -0.2) is 4.79 Å². The van der Waals surface area contributed by atoms with E-state index in [4.69, 9.17) is 16.7 Å². The monoisotopic (exact) mass is 449 g/mol. The zero-order valence-electron chi connectivity index (χ0n) is 15.8. The molecule has 160 valence electrons. The molecule has 2 N–H and O–H groups in total. The molecular formula is C21H15ClF3N3O3. The normalized spacial score (nSPS) is 13.4. The van der Waals surface area contributed by atoms with Crippen molar-refractivity contribution in [1.29, 1.82) is 0 Å². The molecule has 6 nitrogen and oxygen atoms in total. The summed E-state index contributed by atoms with van der Waals surface area (Å²) in [7, 11) is 0. The third-order valence-electron chi connectivity index (χ3n) is 5.00. The number of fused-ring (bicyclic) bond motifs is 1. The number of halogens is 4. The smallest absolute Gasteiger partial charge is 0.417 e. The highest BCUT2D eigenvalue weighted by molar-refractivity contribution is 6.34. The lowest BCUT2D eigenvalue weighted by Crippen LogP contribution is -2.23. The number of nitrogens with zero attached hydrogens (tertiary/aromatic N) is 2. The van der Waals surface area contributed by atoms with Crippen LogP contribution in [-0.2, 0) is 12.6 Å². The number of nitrogens with one attached hydrogen (secondary N) is 1. The fraction of sp³-hybridized carbons (Fsp3) is 0.190. The molecule has 3 aromatic rings. The standard InChI is InChI=1S/C21H15ClF3N3O3/c22-14-4-1-3-13(21(23,24)25)16(14)19(29)28-15-5-2-10-26-18(15)17(27-28)11-6-8-12(9-7-11)20(30)31/h1,3-4,6-9,26H,2,5,10H2,(H,30,31). The summed E-state index contributed by atoms with van der Waals surface area (Å²) in [5.41, 5.74) is 0.126. The summed E-state index contributed by atoms with van der Waals surface area (Å²) in [6, 6.07) is 9.02. The van der Waals surface area contributed by atoms with Crippen molar-refractivity contribution in [2.24, 2.45) is 0 Å². The number of hydrogen-bond acceptors (Lipinski definition) is 4. The predicted molar refractivity (Wildman–Crippen MR) is 108 cm³/mol. The van der Waals surface area contributed by atoms with Crippen LogP contribution in [0.25, 0.3) is 11.3 Å². The Morgan fingerprint density at radius 1 is 1.13 bits per heavy atom. The van der Waals surface area contributed by atoms with Crippen molar-refractivity contribution in [3.8, 4) is 11.3 Å². The van der Waals surface area contributed by atoms with Crippen LogP contribution in [0.4, 0.5) is 18.9 Å². The van der Waals surface area contributed by atoms with Gasteiger partial charge in [0.2, 0.25) is 0 Å². The van der Waals surface area contributed by atoms with Crippen molar-refractivity contribution in [2.75, 3.05) is 11.9 Å². The molecule has 2 aromatic carbocycles. The minimum atomic E-state index is -4.77. The lowest BCUT2D eigenvalue weighted by Gasteiger charge is -2.17. The average molecular weight is 450 g/mol. The van der Waals surface area contributed by atoms with Crippen LogP contribution in [0.3, 0.4) is 0 Å². The summed E-state index contributed by atoms with van der Waals surface area (Å²) in [6.45, 7) is 0.604. The highest BCUT2D eigenvalue weighted by Crippen LogP contribution is 2.38. The van der Waals surface area contributed by atoms with E-state index in [-0.39, 0.29) is 10.6 Å². The fourth-order valence-corrected chi connectivity index (χ4v) is 3.82. The van der Waals surface area contributed by atoms with Crippen LogP contribution < -0.4 is 5.32 Å². The van der Waals surface area contributed by atoms with Crippen LogP contribution in [0, 0.1) is 0 Å². The second-order valence-electron chi connectivity index (χ2n) is 6.96. The van der Waals surface area contributed by atoms with Crippen LogP contribution in [0.15, 0.2) is 42.5 Å². The van der Waals surface area contributed by atoms with Gasteiger partial charge in [0.1, 0.15) is 5.69 Å². The minimum Gasteiger partial charge on any atom is -0.478 e.